The van der Waals surface area contributed by atoms with Crippen LogP contribution in [0.5, 0.6) is 0 Å². The number of rotatable bonds is 5. The van der Waals surface area contributed by atoms with Crippen LogP contribution in [0.2, 0.25) is 5.02 Å². The van der Waals surface area contributed by atoms with Crippen molar-refractivity contribution in [3.63, 3.8) is 0 Å². The SMILES string of the molecule is Cn1ccnc1CN(Cc1nn(C)c2cccc(Cl)c12)C1CC1. The highest BCUT2D eigenvalue weighted by Gasteiger charge is 2.31. The van der Waals surface area contributed by atoms with E-state index in [9.17, 15) is 0 Å². The fraction of sp³-hybridized carbons (Fsp3) is 0.412. The first-order valence-electron chi connectivity index (χ1n) is 7.94. The Kier molecular flexibility index (Phi) is 3.62. The number of hydrogen-bond donors (Lipinski definition) is 0. The van der Waals surface area contributed by atoms with Crippen molar-refractivity contribution >= 4 is 22.5 Å². The van der Waals surface area contributed by atoms with E-state index in [1.807, 2.05) is 43.3 Å². The number of imidazole rings is 1. The first-order chi connectivity index (χ1) is 11.1. The molecule has 6 heteroatoms. The summed E-state index contributed by atoms with van der Waals surface area (Å²) in [6.45, 7) is 1.65. The van der Waals surface area contributed by atoms with Gasteiger partial charge in [-0.15, -0.1) is 0 Å². The quantitative estimate of drug-likeness (QED) is 0.722. The molecule has 0 radical (unpaired) electrons. The maximum absolute atomic E-state index is 6.43. The first kappa shape index (κ1) is 14.7. The number of hydrogen-bond acceptors (Lipinski definition) is 3. The molecule has 0 unspecified atom stereocenters. The largest absolute Gasteiger partial charge is 0.337 e. The molecule has 1 aliphatic rings. The molecule has 1 fully saturated rings. The fourth-order valence-corrected chi connectivity index (χ4v) is 3.42. The molecule has 3 aromatic rings. The molecule has 1 aromatic carbocycles. The van der Waals surface area contributed by atoms with Crippen molar-refractivity contribution in [2.24, 2.45) is 14.1 Å². The Bertz CT molecular complexity index is 846. The van der Waals surface area contributed by atoms with Gasteiger partial charge in [0.05, 0.1) is 22.8 Å². The number of fused-ring (bicyclic) bond motifs is 1. The molecular weight excluding hydrogens is 310 g/mol. The molecule has 0 aliphatic heterocycles. The maximum Gasteiger partial charge on any atom is 0.122 e. The van der Waals surface area contributed by atoms with Crippen LogP contribution in [0.1, 0.15) is 24.4 Å². The number of benzene rings is 1. The van der Waals surface area contributed by atoms with E-state index < -0.39 is 0 Å². The van der Waals surface area contributed by atoms with Crippen LogP contribution in [0.15, 0.2) is 30.6 Å². The third kappa shape index (κ3) is 2.75. The van der Waals surface area contributed by atoms with Gasteiger partial charge in [-0.1, -0.05) is 17.7 Å². The fourth-order valence-electron chi connectivity index (χ4n) is 3.14. The summed E-state index contributed by atoms with van der Waals surface area (Å²) in [6.07, 6.45) is 6.35. The minimum absolute atomic E-state index is 0.631. The van der Waals surface area contributed by atoms with Crippen LogP contribution in [-0.2, 0) is 27.2 Å². The molecule has 23 heavy (non-hydrogen) atoms. The van der Waals surface area contributed by atoms with Gasteiger partial charge in [-0.05, 0) is 25.0 Å². The Hall–Kier alpha value is -1.85. The summed E-state index contributed by atoms with van der Waals surface area (Å²) in [7, 11) is 4.02. The van der Waals surface area contributed by atoms with Crippen LogP contribution >= 0.6 is 11.6 Å². The second kappa shape index (κ2) is 5.65. The van der Waals surface area contributed by atoms with Crippen molar-refractivity contribution in [1.82, 2.24) is 24.2 Å². The predicted octanol–water partition coefficient (Wildman–Crippen LogP) is 3.12. The van der Waals surface area contributed by atoms with Crippen LogP contribution in [0.3, 0.4) is 0 Å². The van der Waals surface area contributed by atoms with Gasteiger partial charge in [0, 0.05) is 44.5 Å². The summed E-state index contributed by atoms with van der Waals surface area (Å²) < 4.78 is 4.00. The van der Waals surface area contributed by atoms with Crippen LogP contribution in [0, 0.1) is 0 Å². The molecular formula is C17H20ClN5. The average molecular weight is 330 g/mol. The van der Waals surface area contributed by atoms with E-state index in [0.29, 0.717) is 6.04 Å². The Morgan fingerprint density at radius 1 is 1.26 bits per heavy atom. The lowest BCUT2D eigenvalue weighted by atomic mass is 10.2. The van der Waals surface area contributed by atoms with Gasteiger partial charge in [-0.2, -0.15) is 5.10 Å². The molecule has 0 atom stereocenters. The number of aryl methyl sites for hydroxylation is 2. The molecule has 1 saturated carbocycles. The summed E-state index contributed by atoms with van der Waals surface area (Å²) >= 11 is 6.43. The van der Waals surface area contributed by atoms with Crippen molar-refractivity contribution in [1.29, 1.82) is 0 Å². The number of nitrogens with zero attached hydrogens (tertiary/aromatic N) is 5. The molecule has 2 aromatic heterocycles. The third-order valence-electron chi connectivity index (χ3n) is 4.58. The lowest BCUT2D eigenvalue weighted by Gasteiger charge is -2.20. The molecule has 0 N–H and O–H groups in total. The molecule has 0 spiro atoms. The zero-order valence-corrected chi connectivity index (χ0v) is 14.2. The highest BCUT2D eigenvalue weighted by Crippen LogP contribution is 2.32. The zero-order chi connectivity index (χ0) is 16.0. The van der Waals surface area contributed by atoms with Crippen molar-refractivity contribution in [3.05, 3.63) is 47.1 Å². The predicted molar refractivity (Wildman–Crippen MR) is 91.2 cm³/mol. The Morgan fingerprint density at radius 2 is 2.09 bits per heavy atom. The first-order valence-corrected chi connectivity index (χ1v) is 8.31. The number of halogens is 1. The van der Waals surface area contributed by atoms with Gasteiger partial charge in [-0.25, -0.2) is 4.98 Å². The minimum Gasteiger partial charge on any atom is -0.337 e. The molecule has 1 aliphatic carbocycles. The standard InChI is InChI=1S/C17H20ClN5/c1-21-9-8-19-16(21)11-23(12-6-7-12)10-14-17-13(18)4-3-5-15(17)22(2)20-14/h3-5,8-9,12H,6-7,10-11H2,1-2H3. The van der Waals surface area contributed by atoms with E-state index in [2.05, 4.69) is 20.5 Å². The van der Waals surface area contributed by atoms with E-state index >= 15 is 0 Å². The molecule has 4 rings (SSSR count). The van der Waals surface area contributed by atoms with Crippen molar-refractivity contribution in [2.75, 3.05) is 0 Å². The van der Waals surface area contributed by atoms with Gasteiger partial charge in [0.2, 0.25) is 0 Å². The smallest absolute Gasteiger partial charge is 0.122 e. The Labute approximate surface area is 140 Å². The highest BCUT2D eigenvalue weighted by molar-refractivity contribution is 6.35. The van der Waals surface area contributed by atoms with Crippen molar-refractivity contribution < 1.29 is 0 Å². The van der Waals surface area contributed by atoms with E-state index in [-0.39, 0.29) is 0 Å². The molecule has 2 heterocycles. The lowest BCUT2D eigenvalue weighted by Crippen LogP contribution is -2.27. The summed E-state index contributed by atoms with van der Waals surface area (Å²) in [4.78, 5) is 6.93. The monoisotopic (exact) mass is 329 g/mol. The van der Waals surface area contributed by atoms with Gasteiger partial charge in [0.15, 0.2) is 0 Å². The van der Waals surface area contributed by atoms with Crippen LogP contribution in [-0.4, -0.2) is 30.3 Å². The Morgan fingerprint density at radius 3 is 2.78 bits per heavy atom. The van der Waals surface area contributed by atoms with Gasteiger partial charge in [-0.3, -0.25) is 9.58 Å². The summed E-state index contributed by atoms with van der Waals surface area (Å²) in [5.74, 6) is 1.09. The molecule has 0 amide bonds. The second-order valence-electron chi connectivity index (χ2n) is 6.29. The average Bonchev–Trinajstić information content (AvgIpc) is 3.22. The zero-order valence-electron chi connectivity index (χ0n) is 13.4. The molecule has 120 valence electrons. The van der Waals surface area contributed by atoms with Crippen LogP contribution < -0.4 is 0 Å². The van der Waals surface area contributed by atoms with Crippen LogP contribution in [0.25, 0.3) is 10.9 Å². The highest BCUT2D eigenvalue weighted by atomic mass is 35.5. The van der Waals surface area contributed by atoms with E-state index in [4.69, 9.17) is 16.7 Å². The van der Waals surface area contributed by atoms with E-state index in [1.165, 1.54) is 12.8 Å². The minimum atomic E-state index is 0.631. The van der Waals surface area contributed by atoms with Crippen LogP contribution in [0.4, 0.5) is 0 Å². The van der Waals surface area contributed by atoms with E-state index in [0.717, 1.165) is 40.5 Å². The molecule has 5 nitrogen and oxygen atoms in total. The summed E-state index contributed by atoms with van der Waals surface area (Å²) in [6, 6.07) is 6.61. The van der Waals surface area contributed by atoms with Crippen molar-refractivity contribution in [2.45, 2.75) is 32.0 Å². The Balaban J connectivity index is 1.66. The topological polar surface area (TPSA) is 38.9 Å². The van der Waals surface area contributed by atoms with Gasteiger partial charge < -0.3 is 4.57 Å². The summed E-state index contributed by atoms with van der Waals surface area (Å²) in [5, 5.41) is 6.56. The van der Waals surface area contributed by atoms with E-state index in [1.54, 1.807) is 0 Å². The molecule has 0 saturated heterocycles. The van der Waals surface area contributed by atoms with Gasteiger partial charge in [0.1, 0.15) is 5.82 Å². The normalized spacial score (nSPS) is 15.0. The number of aromatic nitrogens is 4. The second-order valence-corrected chi connectivity index (χ2v) is 6.70. The lowest BCUT2D eigenvalue weighted by molar-refractivity contribution is 0.234. The van der Waals surface area contributed by atoms with Gasteiger partial charge >= 0.3 is 0 Å². The summed E-state index contributed by atoms with van der Waals surface area (Å²) in [5.41, 5.74) is 2.13. The third-order valence-corrected chi connectivity index (χ3v) is 4.90. The van der Waals surface area contributed by atoms with Crippen molar-refractivity contribution in [3.8, 4) is 0 Å². The van der Waals surface area contributed by atoms with Gasteiger partial charge in [0.25, 0.3) is 0 Å². The maximum atomic E-state index is 6.43. The molecule has 0 bridgehead atoms.